The van der Waals surface area contributed by atoms with Gasteiger partial charge in [-0.1, -0.05) is 48.5 Å². The molecule has 6 nitrogen and oxygen atoms in total. The van der Waals surface area contributed by atoms with Gasteiger partial charge in [-0.3, -0.25) is 14.4 Å². The average Bonchev–Trinajstić information content (AvgIpc) is 3.11. The lowest BCUT2D eigenvalue weighted by Gasteiger charge is -2.26. The van der Waals surface area contributed by atoms with Crippen LogP contribution in [0.2, 0.25) is 0 Å². The largest absolute Gasteiger partial charge is 0.336 e. The van der Waals surface area contributed by atoms with Crippen LogP contribution in [0, 0.1) is 19.8 Å². The first-order chi connectivity index (χ1) is 14.3. The topological polar surface area (TPSA) is 69.7 Å². The Balaban J connectivity index is 1.59. The molecule has 6 heteroatoms. The molecule has 2 aromatic rings. The Hall–Kier alpha value is -3.15. The molecule has 0 aliphatic carbocycles. The first-order valence-electron chi connectivity index (χ1n) is 10.2. The summed E-state index contributed by atoms with van der Waals surface area (Å²) in [7, 11) is 1.61. The Labute approximate surface area is 177 Å². The second-order valence-electron chi connectivity index (χ2n) is 8.04. The quantitative estimate of drug-likeness (QED) is 0.799. The second-order valence-corrected chi connectivity index (χ2v) is 8.04. The number of hydrogen-bond donors (Lipinski definition) is 1. The van der Waals surface area contributed by atoms with Crippen molar-refractivity contribution in [3.63, 3.8) is 0 Å². The first kappa shape index (κ1) is 21.6. The molecule has 0 bridgehead atoms. The fourth-order valence-corrected chi connectivity index (χ4v) is 3.98. The number of carbonyl (C=O) groups is 3. The van der Waals surface area contributed by atoms with Gasteiger partial charge in [-0.2, -0.15) is 0 Å². The van der Waals surface area contributed by atoms with Crippen LogP contribution in [0.4, 0.5) is 5.69 Å². The molecule has 1 aliphatic rings. The van der Waals surface area contributed by atoms with Gasteiger partial charge in [-0.15, -0.1) is 0 Å². The zero-order chi connectivity index (χ0) is 21.8. The average molecular weight is 408 g/mol. The normalized spacial score (nSPS) is 17.0. The van der Waals surface area contributed by atoms with Crippen LogP contribution in [0.25, 0.3) is 0 Å². The molecule has 1 fully saturated rings. The van der Waals surface area contributed by atoms with E-state index in [-0.39, 0.29) is 36.7 Å². The van der Waals surface area contributed by atoms with Gasteiger partial charge in [-0.05, 0) is 37.5 Å². The summed E-state index contributed by atoms with van der Waals surface area (Å²) in [6, 6.07) is 15.5. The molecule has 2 aromatic carbocycles. The molecule has 1 saturated heterocycles. The van der Waals surface area contributed by atoms with Crippen LogP contribution in [-0.4, -0.2) is 47.7 Å². The lowest BCUT2D eigenvalue weighted by Crippen LogP contribution is -2.39. The van der Waals surface area contributed by atoms with E-state index in [1.807, 2.05) is 69.3 Å². The van der Waals surface area contributed by atoms with E-state index < -0.39 is 5.92 Å². The molecule has 1 N–H and O–H groups in total. The van der Waals surface area contributed by atoms with Crippen molar-refractivity contribution < 1.29 is 14.4 Å². The van der Waals surface area contributed by atoms with E-state index in [9.17, 15) is 14.4 Å². The number of likely N-dealkylation sites (N-methyl/N-ethyl adjacent to an activating group) is 1. The number of amides is 3. The summed E-state index contributed by atoms with van der Waals surface area (Å²) < 4.78 is 0. The third-order valence-electron chi connectivity index (χ3n) is 5.76. The molecule has 3 amide bonds. The number of likely N-dealkylation sites (tertiary alicyclic amines) is 1. The lowest BCUT2D eigenvalue weighted by molar-refractivity contribution is -0.137. The molecule has 2 atom stereocenters. The Kier molecular flexibility index (Phi) is 6.55. The molecule has 0 radical (unpaired) electrons. The third-order valence-corrected chi connectivity index (χ3v) is 5.76. The van der Waals surface area contributed by atoms with Crippen molar-refractivity contribution in [2.75, 3.05) is 25.5 Å². The zero-order valence-corrected chi connectivity index (χ0v) is 18.0. The number of para-hydroxylation sites is 1. The van der Waals surface area contributed by atoms with E-state index in [1.165, 1.54) is 4.90 Å². The summed E-state index contributed by atoms with van der Waals surface area (Å²) in [5, 5.41) is 2.90. The van der Waals surface area contributed by atoms with Gasteiger partial charge in [0, 0.05) is 25.7 Å². The smallest absolute Gasteiger partial charge is 0.243 e. The van der Waals surface area contributed by atoms with Gasteiger partial charge in [0.2, 0.25) is 17.7 Å². The SMILES string of the molecule is Cc1cccc(C)c1NC(=O)CN(C)C(=O)[C@H]1CC(=O)N([C@@H](C)c2ccccc2)C1. The number of hydrogen-bond acceptors (Lipinski definition) is 3. The van der Waals surface area contributed by atoms with Gasteiger partial charge >= 0.3 is 0 Å². The van der Waals surface area contributed by atoms with E-state index in [0.717, 1.165) is 22.4 Å². The molecular weight excluding hydrogens is 378 g/mol. The third kappa shape index (κ3) is 4.70. The fraction of sp³-hybridized carbons (Fsp3) is 0.375. The van der Waals surface area contributed by atoms with Gasteiger partial charge in [0.1, 0.15) is 0 Å². The van der Waals surface area contributed by atoms with Crippen molar-refractivity contribution in [3.05, 3.63) is 65.2 Å². The summed E-state index contributed by atoms with van der Waals surface area (Å²) in [6.45, 7) is 6.16. The van der Waals surface area contributed by atoms with Crippen LogP contribution in [0.3, 0.4) is 0 Å². The van der Waals surface area contributed by atoms with Gasteiger partial charge in [0.15, 0.2) is 0 Å². The molecule has 0 aromatic heterocycles. The van der Waals surface area contributed by atoms with Crippen molar-refractivity contribution >= 4 is 23.4 Å². The van der Waals surface area contributed by atoms with Gasteiger partial charge in [0.05, 0.1) is 18.5 Å². The van der Waals surface area contributed by atoms with Crippen LogP contribution >= 0.6 is 0 Å². The molecule has 158 valence electrons. The highest BCUT2D eigenvalue weighted by Gasteiger charge is 2.38. The summed E-state index contributed by atoms with van der Waals surface area (Å²) in [4.78, 5) is 41.1. The zero-order valence-electron chi connectivity index (χ0n) is 18.0. The number of nitrogens with one attached hydrogen (secondary N) is 1. The molecule has 0 unspecified atom stereocenters. The monoisotopic (exact) mass is 407 g/mol. The number of anilines is 1. The highest BCUT2D eigenvalue weighted by molar-refractivity contribution is 5.97. The molecule has 0 spiro atoms. The Morgan fingerprint density at radius 2 is 1.73 bits per heavy atom. The van der Waals surface area contributed by atoms with E-state index in [2.05, 4.69) is 5.32 Å². The summed E-state index contributed by atoms with van der Waals surface area (Å²) in [6.07, 6.45) is 0.179. The maximum Gasteiger partial charge on any atom is 0.243 e. The Morgan fingerprint density at radius 1 is 1.10 bits per heavy atom. The predicted octanol–water partition coefficient (Wildman–Crippen LogP) is 3.31. The highest BCUT2D eigenvalue weighted by atomic mass is 16.2. The number of benzene rings is 2. The molecular formula is C24H29N3O3. The Bertz CT molecular complexity index is 922. The number of aryl methyl sites for hydroxylation is 2. The van der Waals surface area contributed by atoms with Crippen molar-refractivity contribution in [1.29, 1.82) is 0 Å². The van der Waals surface area contributed by atoms with Crippen LogP contribution in [0.15, 0.2) is 48.5 Å². The first-order valence-corrected chi connectivity index (χ1v) is 10.2. The van der Waals surface area contributed by atoms with Crippen molar-refractivity contribution in [2.24, 2.45) is 5.92 Å². The van der Waals surface area contributed by atoms with Crippen LogP contribution in [-0.2, 0) is 14.4 Å². The molecule has 0 saturated carbocycles. The van der Waals surface area contributed by atoms with Gasteiger partial charge in [0.25, 0.3) is 0 Å². The molecule has 3 rings (SSSR count). The minimum atomic E-state index is -0.429. The maximum absolute atomic E-state index is 12.9. The Morgan fingerprint density at radius 3 is 2.37 bits per heavy atom. The minimum absolute atomic E-state index is 0.0295. The second kappa shape index (κ2) is 9.11. The lowest BCUT2D eigenvalue weighted by atomic mass is 10.1. The maximum atomic E-state index is 12.9. The van der Waals surface area contributed by atoms with Crippen molar-refractivity contribution in [1.82, 2.24) is 9.80 Å². The number of nitrogens with zero attached hydrogens (tertiary/aromatic N) is 2. The number of carbonyl (C=O) groups excluding carboxylic acids is 3. The molecule has 30 heavy (non-hydrogen) atoms. The standard InChI is InChI=1S/C24H29N3O3/c1-16-9-8-10-17(2)23(16)25-21(28)15-26(4)24(30)20-13-22(29)27(14-20)18(3)19-11-6-5-7-12-19/h5-12,18,20H,13-15H2,1-4H3,(H,25,28)/t18-,20-/m0/s1. The highest BCUT2D eigenvalue weighted by Crippen LogP contribution is 2.29. The predicted molar refractivity (Wildman–Crippen MR) is 117 cm³/mol. The van der Waals surface area contributed by atoms with Crippen molar-refractivity contribution in [2.45, 2.75) is 33.2 Å². The van der Waals surface area contributed by atoms with Gasteiger partial charge in [-0.25, -0.2) is 0 Å². The summed E-state index contributed by atoms with van der Waals surface area (Å²) >= 11 is 0. The van der Waals surface area contributed by atoms with E-state index in [4.69, 9.17) is 0 Å². The van der Waals surface area contributed by atoms with E-state index in [0.29, 0.717) is 6.54 Å². The summed E-state index contributed by atoms with van der Waals surface area (Å²) in [5.41, 5.74) is 3.77. The van der Waals surface area contributed by atoms with E-state index >= 15 is 0 Å². The number of rotatable bonds is 6. The molecule has 1 aliphatic heterocycles. The van der Waals surface area contributed by atoms with Crippen LogP contribution in [0.5, 0.6) is 0 Å². The van der Waals surface area contributed by atoms with Crippen molar-refractivity contribution in [3.8, 4) is 0 Å². The minimum Gasteiger partial charge on any atom is -0.336 e. The molecule has 1 heterocycles. The van der Waals surface area contributed by atoms with Gasteiger partial charge < -0.3 is 15.1 Å². The summed E-state index contributed by atoms with van der Waals surface area (Å²) in [5.74, 6) is -0.885. The van der Waals surface area contributed by atoms with Crippen LogP contribution < -0.4 is 5.32 Å². The van der Waals surface area contributed by atoms with E-state index in [1.54, 1.807) is 11.9 Å². The van der Waals surface area contributed by atoms with Crippen LogP contribution in [0.1, 0.15) is 36.1 Å². The fourth-order valence-electron chi connectivity index (χ4n) is 3.98.